The summed E-state index contributed by atoms with van der Waals surface area (Å²) in [7, 11) is 2.16. The van der Waals surface area contributed by atoms with Gasteiger partial charge in [-0.3, -0.25) is 4.79 Å². The normalized spacial score (nSPS) is 24.5. The van der Waals surface area contributed by atoms with Crippen LogP contribution in [0.1, 0.15) is 6.42 Å². The molecular formula is C15H20BrN3O. The van der Waals surface area contributed by atoms with Crippen LogP contribution in [0.4, 0.5) is 11.4 Å². The fourth-order valence-electron chi connectivity index (χ4n) is 2.90. The fourth-order valence-corrected chi connectivity index (χ4v) is 3.47. The number of carbonyl (C=O) groups is 1. The van der Waals surface area contributed by atoms with Crippen LogP contribution in [0, 0.1) is 0 Å². The number of hydrogen-bond acceptors (Lipinski definition) is 3. The zero-order valence-corrected chi connectivity index (χ0v) is 13.3. The second-order valence-corrected chi connectivity index (χ2v) is 6.88. The summed E-state index contributed by atoms with van der Waals surface area (Å²) in [5, 5.41) is 0. The third-order valence-corrected chi connectivity index (χ3v) is 4.71. The highest BCUT2D eigenvalue weighted by molar-refractivity contribution is 9.09. The summed E-state index contributed by atoms with van der Waals surface area (Å²) in [6.45, 7) is 4.96. The molecule has 0 aromatic heterocycles. The van der Waals surface area contributed by atoms with Crippen molar-refractivity contribution in [3.8, 4) is 0 Å². The molecule has 0 saturated carbocycles. The van der Waals surface area contributed by atoms with Crippen LogP contribution in [0.5, 0.6) is 0 Å². The molecule has 0 radical (unpaired) electrons. The summed E-state index contributed by atoms with van der Waals surface area (Å²) in [6.07, 6.45) is 0.594. The molecule has 1 atom stereocenters. The van der Waals surface area contributed by atoms with E-state index >= 15 is 0 Å². The third kappa shape index (κ3) is 2.69. The summed E-state index contributed by atoms with van der Waals surface area (Å²) in [6, 6.07) is 8.28. The Morgan fingerprint density at radius 3 is 2.35 bits per heavy atom. The third-order valence-electron chi connectivity index (χ3n) is 4.09. The van der Waals surface area contributed by atoms with Crippen molar-refractivity contribution in [2.45, 2.75) is 11.2 Å². The SMILES string of the molecule is CN1CCN(c2ccccc2N2CC(Br)CC2=O)CC1. The molecular weight excluding hydrogens is 318 g/mol. The first-order valence-electron chi connectivity index (χ1n) is 7.12. The van der Waals surface area contributed by atoms with Gasteiger partial charge in [0.2, 0.25) is 5.91 Å². The molecule has 2 aliphatic heterocycles. The quantitative estimate of drug-likeness (QED) is 0.771. The van der Waals surface area contributed by atoms with Crippen molar-refractivity contribution in [2.75, 3.05) is 49.6 Å². The minimum absolute atomic E-state index is 0.216. The van der Waals surface area contributed by atoms with Crippen molar-refractivity contribution in [1.29, 1.82) is 0 Å². The maximum Gasteiger partial charge on any atom is 0.228 e. The number of anilines is 2. The van der Waals surface area contributed by atoms with Crippen LogP contribution in [0.25, 0.3) is 0 Å². The van der Waals surface area contributed by atoms with Gasteiger partial charge in [-0.25, -0.2) is 0 Å². The summed E-state index contributed by atoms with van der Waals surface area (Å²) in [5.74, 6) is 0.216. The molecule has 0 N–H and O–H groups in total. The average Bonchev–Trinajstić information content (AvgIpc) is 2.78. The molecule has 2 aliphatic rings. The predicted molar refractivity (Wildman–Crippen MR) is 85.8 cm³/mol. The Kier molecular flexibility index (Phi) is 3.98. The number of likely N-dealkylation sites (N-methyl/N-ethyl adjacent to an activating group) is 1. The number of amides is 1. The zero-order chi connectivity index (χ0) is 14.1. The molecule has 1 aromatic rings. The largest absolute Gasteiger partial charge is 0.367 e. The first kappa shape index (κ1) is 13.9. The standard InChI is InChI=1S/C15H20BrN3O/c1-17-6-8-18(9-7-17)13-4-2-3-5-14(13)19-11-12(16)10-15(19)20/h2-5,12H,6-11H2,1H3. The molecule has 3 rings (SSSR count). The van der Waals surface area contributed by atoms with Crippen LogP contribution in [0.2, 0.25) is 0 Å². The van der Waals surface area contributed by atoms with Crippen molar-refractivity contribution < 1.29 is 4.79 Å². The van der Waals surface area contributed by atoms with Gasteiger partial charge in [0.25, 0.3) is 0 Å². The molecule has 2 saturated heterocycles. The van der Waals surface area contributed by atoms with Gasteiger partial charge in [0.15, 0.2) is 0 Å². The lowest BCUT2D eigenvalue weighted by Gasteiger charge is -2.36. The Balaban J connectivity index is 1.87. The topological polar surface area (TPSA) is 26.8 Å². The number of piperazine rings is 1. The van der Waals surface area contributed by atoms with Gasteiger partial charge in [0.05, 0.1) is 11.4 Å². The number of carbonyl (C=O) groups excluding carboxylic acids is 1. The summed E-state index contributed by atoms with van der Waals surface area (Å²) in [4.78, 5) is 19.1. The summed E-state index contributed by atoms with van der Waals surface area (Å²) < 4.78 is 0. The molecule has 0 bridgehead atoms. The lowest BCUT2D eigenvalue weighted by Crippen LogP contribution is -2.45. The Morgan fingerprint density at radius 1 is 1.10 bits per heavy atom. The van der Waals surface area contributed by atoms with E-state index in [1.54, 1.807) is 0 Å². The highest BCUT2D eigenvalue weighted by Gasteiger charge is 2.31. The number of benzene rings is 1. The molecule has 20 heavy (non-hydrogen) atoms. The van der Waals surface area contributed by atoms with Gasteiger partial charge in [-0.1, -0.05) is 28.1 Å². The molecule has 1 amide bonds. The highest BCUT2D eigenvalue weighted by Crippen LogP contribution is 2.34. The van der Waals surface area contributed by atoms with Crippen LogP contribution in [-0.4, -0.2) is 55.4 Å². The van der Waals surface area contributed by atoms with Crippen molar-refractivity contribution >= 4 is 33.2 Å². The van der Waals surface area contributed by atoms with Crippen LogP contribution in [0.3, 0.4) is 0 Å². The van der Waals surface area contributed by atoms with E-state index in [2.05, 4.69) is 51.0 Å². The number of hydrogen-bond donors (Lipinski definition) is 0. The molecule has 1 unspecified atom stereocenters. The van der Waals surface area contributed by atoms with E-state index in [1.807, 2.05) is 11.0 Å². The first-order chi connectivity index (χ1) is 9.65. The molecule has 108 valence electrons. The molecule has 1 aromatic carbocycles. The van der Waals surface area contributed by atoms with E-state index < -0.39 is 0 Å². The molecule has 2 heterocycles. The minimum atomic E-state index is 0.216. The van der Waals surface area contributed by atoms with Crippen molar-refractivity contribution in [1.82, 2.24) is 4.90 Å². The lowest BCUT2D eigenvalue weighted by atomic mass is 10.2. The van der Waals surface area contributed by atoms with Crippen LogP contribution in [-0.2, 0) is 4.79 Å². The lowest BCUT2D eigenvalue weighted by molar-refractivity contribution is -0.117. The van der Waals surface area contributed by atoms with Crippen LogP contribution < -0.4 is 9.80 Å². The smallest absolute Gasteiger partial charge is 0.228 e. The van der Waals surface area contributed by atoms with E-state index in [0.717, 1.165) is 38.4 Å². The second kappa shape index (κ2) is 5.74. The van der Waals surface area contributed by atoms with E-state index in [0.29, 0.717) is 6.42 Å². The Labute approximate surface area is 128 Å². The molecule has 4 nitrogen and oxygen atoms in total. The van der Waals surface area contributed by atoms with Gasteiger partial charge >= 0.3 is 0 Å². The number of rotatable bonds is 2. The highest BCUT2D eigenvalue weighted by atomic mass is 79.9. The minimum Gasteiger partial charge on any atom is -0.367 e. The summed E-state index contributed by atoms with van der Waals surface area (Å²) >= 11 is 3.56. The predicted octanol–water partition coefficient (Wildman–Crippen LogP) is 1.94. The number of alkyl halides is 1. The first-order valence-corrected chi connectivity index (χ1v) is 8.03. The Morgan fingerprint density at radius 2 is 1.75 bits per heavy atom. The molecule has 5 heteroatoms. The van der Waals surface area contributed by atoms with Gasteiger partial charge in [-0.15, -0.1) is 0 Å². The number of para-hydroxylation sites is 2. The van der Waals surface area contributed by atoms with Gasteiger partial charge in [0.1, 0.15) is 0 Å². The van der Waals surface area contributed by atoms with Crippen LogP contribution >= 0.6 is 15.9 Å². The average molecular weight is 338 g/mol. The van der Waals surface area contributed by atoms with Crippen molar-refractivity contribution in [2.24, 2.45) is 0 Å². The maximum absolute atomic E-state index is 12.1. The van der Waals surface area contributed by atoms with E-state index in [4.69, 9.17) is 0 Å². The fraction of sp³-hybridized carbons (Fsp3) is 0.533. The van der Waals surface area contributed by atoms with E-state index in [9.17, 15) is 4.79 Å². The van der Waals surface area contributed by atoms with Gasteiger partial charge in [-0.05, 0) is 19.2 Å². The summed E-state index contributed by atoms with van der Waals surface area (Å²) in [5.41, 5.74) is 2.25. The maximum atomic E-state index is 12.1. The van der Waals surface area contributed by atoms with E-state index in [1.165, 1.54) is 5.69 Å². The Bertz CT molecular complexity index is 500. The van der Waals surface area contributed by atoms with Gasteiger partial charge in [-0.2, -0.15) is 0 Å². The van der Waals surface area contributed by atoms with E-state index in [-0.39, 0.29) is 10.7 Å². The molecule has 2 fully saturated rings. The second-order valence-electron chi connectivity index (χ2n) is 5.58. The Hall–Kier alpha value is -1.07. The van der Waals surface area contributed by atoms with Gasteiger partial charge < -0.3 is 14.7 Å². The monoisotopic (exact) mass is 337 g/mol. The zero-order valence-electron chi connectivity index (χ0n) is 11.8. The molecule has 0 spiro atoms. The van der Waals surface area contributed by atoms with Gasteiger partial charge in [0, 0.05) is 44.0 Å². The van der Waals surface area contributed by atoms with Crippen molar-refractivity contribution in [3.63, 3.8) is 0 Å². The van der Waals surface area contributed by atoms with Crippen molar-refractivity contribution in [3.05, 3.63) is 24.3 Å². The number of halogens is 1. The number of nitrogens with zero attached hydrogens (tertiary/aromatic N) is 3. The van der Waals surface area contributed by atoms with Crippen LogP contribution in [0.15, 0.2) is 24.3 Å². The molecule has 0 aliphatic carbocycles.